The van der Waals surface area contributed by atoms with E-state index in [2.05, 4.69) is 20.6 Å². The molecule has 94 valence electrons. The zero-order valence-corrected chi connectivity index (χ0v) is 9.99. The number of H-pyrrole nitrogens is 1. The summed E-state index contributed by atoms with van der Waals surface area (Å²) in [4.78, 5) is 29.3. The first kappa shape index (κ1) is 12.1. The average Bonchev–Trinajstić information content (AvgIpc) is 2.35. The number of aromatic nitrogens is 2. The van der Waals surface area contributed by atoms with Gasteiger partial charge in [-0.25, -0.2) is 4.98 Å². The van der Waals surface area contributed by atoms with Crippen LogP contribution >= 0.6 is 0 Å². The highest BCUT2D eigenvalue weighted by Gasteiger charge is 2.02. The summed E-state index contributed by atoms with van der Waals surface area (Å²) in [5.41, 5.74) is 0.464. The Balaban J connectivity index is 2.10. The quantitative estimate of drug-likeness (QED) is 0.684. The summed E-state index contributed by atoms with van der Waals surface area (Å²) in [6.45, 7) is 2.43. The third-order valence-electron chi connectivity index (χ3n) is 2.40. The van der Waals surface area contributed by atoms with Crippen LogP contribution < -0.4 is 16.2 Å². The summed E-state index contributed by atoms with van der Waals surface area (Å²) in [6, 6.07) is 7.13. The number of nitrogens with one attached hydrogen (secondary N) is 3. The highest BCUT2D eigenvalue weighted by molar-refractivity contribution is 5.78. The van der Waals surface area contributed by atoms with Gasteiger partial charge in [0.1, 0.15) is 0 Å². The number of nitrogens with zero attached hydrogens (tertiary/aromatic N) is 1. The number of carbonyl (C=O) groups is 1. The number of hydrogen-bond donors (Lipinski definition) is 3. The molecule has 0 unspecified atom stereocenters. The Morgan fingerprint density at radius 2 is 2.11 bits per heavy atom. The molecule has 0 saturated heterocycles. The van der Waals surface area contributed by atoms with E-state index in [1.807, 2.05) is 6.07 Å². The molecule has 0 bridgehead atoms. The Labute approximate surface area is 103 Å². The molecule has 0 aliphatic heterocycles. The van der Waals surface area contributed by atoms with Crippen LogP contribution in [0.15, 0.2) is 29.1 Å². The SMILES string of the molecule is CC(=O)NCCNc1nc2ccccc2c(=O)[nH]1. The standard InChI is InChI=1S/C12H14N4O2/c1-8(17)13-6-7-14-12-15-10-5-3-2-4-9(10)11(18)16-12/h2-5H,6-7H2,1H3,(H,13,17)(H2,14,15,16,18). The van der Waals surface area contributed by atoms with Crippen molar-refractivity contribution in [1.82, 2.24) is 15.3 Å². The minimum atomic E-state index is -0.178. The van der Waals surface area contributed by atoms with Crippen molar-refractivity contribution in [3.8, 4) is 0 Å². The molecule has 0 aliphatic carbocycles. The summed E-state index contributed by atoms with van der Waals surface area (Å²) in [7, 11) is 0. The van der Waals surface area contributed by atoms with Crippen molar-refractivity contribution in [2.75, 3.05) is 18.4 Å². The van der Waals surface area contributed by atoms with Gasteiger partial charge < -0.3 is 10.6 Å². The normalized spacial score (nSPS) is 10.3. The van der Waals surface area contributed by atoms with Crippen molar-refractivity contribution >= 4 is 22.8 Å². The topological polar surface area (TPSA) is 86.9 Å². The van der Waals surface area contributed by atoms with Crippen LogP contribution in [0.1, 0.15) is 6.92 Å². The number of anilines is 1. The summed E-state index contributed by atoms with van der Waals surface area (Å²) in [6.07, 6.45) is 0. The third kappa shape index (κ3) is 2.85. The molecular weight excluding hydrogens is 232 g/mol. The van der Waals surface area contributed by atoms with E-state index >= 15 is 0 Å². The zero-order chi connectivity index (χ0) is 13.0. The summed E-state index contributed by atoms with van der Waals surface area (Å²) in [5, 5.41) is 6.16. The van der Waals surface area contributed by atoms with Gasteiger partial charge in [0, 0.05) is 20.0 Å². The van der Waals surface area contributed by atoms with E-state index < -0.39 is 0 Å². The van der Waals surface area contributed by atoms with Crippen LogP contribution in [-0.2, 0) is 4.79 Å². The number of benzene rings is 1. The average molecular weight is 246 g/mol. The van der Waals surface area contributed by atoms with E-state index in [9.17, 15) is 9.59 Å². The van der Waals surface area contributed by atoms with Crippen molar-refractivity contribution in [3.63, 3.8) is 0 Å². The lowest BCUT2D eigenvalue weighted by molar-refractivity contribution is -0.118. The monoisotopic (exact) mass is 246 g/mol. The lowest BCUT2D eigenvalue weighted by Crippen LogP contribution is -2.27. The van der Waals surface area contributed by atoms with Crippen LogP contribution in [-0.4, -0.2) is 29.0 Å². The molecule has 6 heteroatoms. The van der Waals surface area contributed by atoms with Gasteiger partial charge in [-0.05, 0) is 12.1 Å². The highest BCUT2D eigenvalue weighted by Crippen LogP contribution is 2.07. The lowest BCUT2D eigenvalue weighted by atomic mass is 10.2. The van der Waals surface area contributed by atoms with Gasteiger partial charge in [0.2, 0.25) is 11.9 Å². The number of rotatable bonds is 4. The van der Waals surface area contributed by atoms with E-state index in [1.165, 1.54) is 6.92 Å². The fourth-order valence-electron chi connectivity index (χ4n) is 1.59. The maximum absolute atomic E-state index is 11.7. The third-order valence-corrected chi connectivity index (χ3v) is 2.40. The first-order valence-corrected chi connectivity index (χ1v) is 5.64. The zero-order valence-electron chi connectivity index (χ0n) is 9.99. The second-order valence-corrected chi connectivity index (χ2v) is 3.84. The number of amides is 1. The van der Waals surface area contributed by atoms with Crippen molar-refractivity contribution in [3.05, 3.63) is 34.6 Å². The molecular formula is C12H14N4O2. The molecule has 1 heterocycles. The van der Waals surface area contributed by atoms with E-state index in [1.54, 1.807) is 18.2 Å². The van der Waals surface area contributed by atoms with Gasteiger partial charge in [0.25, 0.3) is 5.56 Å². The Hall–Kier alpha value is -2.37. The van der Waals surface area contributed by atoms with Crippen molar-refractivity contribution in [2.24, 2.45) is 0 Å². The van der Waals surface area contributed by atoms with Gasteiger partial charge in [0.15, 0.2) is 0 Å². The van der Waals surface area contributed by atoms with Crippen LogP contribution in [0.25, 0.3) is 10.9 Å². The fraction of sp³-hybridized carbons (Fsp3) is 0.250. The number of para-hydroxylation sites is 1. The lowest BCUT2D eigenvalue weighted by Gasteiger charge is -2.06. The minimum absolute atomic E-state index is 0.0863. The largest absolute Gasteiger partial charge is 0.355 e. The number of fused-ring (bicyclic) bond motifs is 1. The van der Waals surface area contributed by atoms with Gasteiger partial charge >= 0.3 is 0 Å². The highest BCUT2D eigenvalue weighted by atomic mass is 16.1. The molecule has 1 amide bonds. The van der Waals surface area contributed by atoms with Crippen LogP contribution in [0.5, 0.6) is 0 Å². The maximum Gasteiger partial charge on any atom is 0.260 e. The van der Waals surface area contributed by atoms with Gasteiger partial charge in [0.05, 0.1) is 10.9 Å². The minimum Gasteiger partial charge on any atom is -0.355 e. The molecule has 0 spiro atoms. The number of hydrogen-bond acceptors (Lipinski definition) is 4. The molecule has 1 aromatic heterocycles. The smallest absolute Gasteiger partial charge is 0.260 e. The second-order valence-electron chi connectivity index (χ2n) is 3.84. The maximum atomic E-state index is 11.7. The predicted octanol–water partition coefficient (Wildman–Crippen LogP) is 0.471. The van der Waals surface area contributed by atoms with E-state index in [4.69, 9.17) is 0 Å². The number of aromatic amines is 1. The molecule has 18 heavy (non-hydrogen) atoms. The van der Waals surface area contributed by atoms with Gasteiger partial charge in [-0.1, -0.05) is 12.1 Å². The second kappa shape index (κ2) is 5.31. The molecule has 0 saturated carbocycles. The van der Waals surface area contributed by atoms with Gasteiger partial charge in [-0.3, -0.25) is 14.6 Å². The van der Waals surface area contributed by atoms with Gasteiger partial charge in [-0.2, -0.15) is 0 Å². The molecule has 0 aliphatic rings. The van der Waals surface area contributed by atoms with Crippen molar-refractivity contribution in [1.29, 1.82) is 0 Å². The van der Waals surface area contributed by atoms with E-state index in [0.717, 1.165) is 0 Å². The molecule has 0 fully saturated rings. The fourth-order valence-corrected chi connectivity index (χ4v) is 1.59. The van der Waals surface area contributed by atoms with E-state index in [0.29, 0.717) is 29.9 Å². The molecule has 0 radical (unpaired) electrons. The van der Waals surface area contributed by atoms with Crippen LogP contribution in [0.2, 0.25) is 0 Å². The Morgan fingerprint density at radius 1 is 1.33 bits per heavy atom. The summed E-state index contributed by atoms with van der Waals surface area (Å²) in [5.74, 6) is 0.320. The predicted molar refractivity (Wildman–Crippen MR) is 69.5 cm³/mol. The van der Waals surface area contributed by atoms with Crippen LogP contribution in [0.3, 0.4) is 0 Å². The number of carbonyl (C=O) groups excluding carboxylic acids is 1. The van der Waals surface area contributed by atoms with E-state index in [-0.39, 0.29) is 11.5 Å². The molecule has 6 nitrogen and oxygen atoms in total. The van der Waals surface area contributed by atoms with Crippen molar-refractivity contribution < 1.29 is 4.79 Å². The van der Waals surface area contributed by atoms with Crippen molar-refractivity contribution in [2.45, 2.75) is 6.92 Å². The summed E-state index contributed by atoms with van der Waals surface area (Å²) >= 11 is 0. The Bertz CT molecular complexity index is 621. The Morgan fingerprint density at radius 3 is 2.89 bits per heavy atom. The van der Waals surface area contributed by atoms with Crippen LogP contribution in [0, 0.1) is 0 Å². The Kier molecular flexibility index (Phi) is 3.57. The van der Waals surface area contributed by atoms with Crippen LogP contribution in [0.4, 0.5) is 5.95 Å². The molecule has 2 rings (SSSR count). The summed E-state index contributed by atoms with van der Waals surface area (Å²) < 4.78 is 0. The molecule has 0 atom stereocenters. The molecule has 1 aromatic carbocycles. The first-order valence-electron chi connectivity index (χ1n) is 5.64. The molecule has 3 N–H and O–H groups in total. The molecule has 2 aromatic rings. The first-order chi connectivity index (χ1) is 8.66. The van der Waals surface area contributed by atoms with Gasteiger partial charge in [-0.15, -0.1) is 0 Å².